The highest BCUT2D eigenvalue weighted by atomic mass is 32.2. The number of carbonyl (C=O) groups is 1. The summed E-state index contributed by atoms with van der Waals surface area (Å²) < 4.78 is 1.74. The summed E-state index contributed by atoms with van der Waals surface area (Å²) in [7, 11) is 0. The molecule has 20 heavy (non-hydrogen) atoms. The van der Waals surface area contributed by atoms with Crippen molar-refractivity contribution < 1.29 is 4.79 Å². The van der Waals surface area contributed by atoms with Gasteiger partial charge in [-0.05, 0) is 33.1 Å². The van der Waals surface area contributed by atoms with Gasteiger partial charge in [0.05, 0.1) is 11.7 Å². The largest absolute Gasteiger partial charge is 0.354 e. The molecule has 0 bridgehead atoms. The third-order valence-corrected chi connectivity index (χ3v) is 4.84. The minimum Gasteiger partial charge on any atom is -0.354 e. The van der Waals surface area contributed by atoms with E-state index in [2.05, 4.69) is 10.3 Å². The molecule has 2 heterocycles. The minimum atomic E-state index is -0.0559. The molecule has 0 saturated carbocycles. The molecule has 0 aromatic carbocycles. The van der Waals surface area contributed by atoms with Crippen molar-refractivity contribution in [2.24, 2.45) is 0 Å². The van der Waals surface area contributed by atoms with Crippen LogP contribution in [0.5, 0.6) is 0 Å². The fourth-order valence-electron chi connectivity index (χ4n) is 2.90. The Hall–Kier alpha value is -1.30. The molecule has 3 rings (SSSR count). The molecule has 1 unspecified atom stereocenters. The minimum absolute atomic E-state index is 0.00542. The maximum absolute atomic E-state index is 12.5. The van der Waals surface area contributed by atoms with Crippen LogP contribution in [-0.2, 0) is 17.6 Å². The number of fused-ring (bicyclic) bond motifs is 2. The normalized spacial score (nSPS) is 20.1. The van der Waals surface area contributed by atoms with E-state index in [4.69, 9.17) is 0 Å². The van der Waals surface area contributed by atoms with Gasteiger partial charge in [0.2, 0.25) is 5.91 Å². The van der Waals surface area contributed by atoms with Crippen molar-refractivity contribution in [3.63, 3.8) is 0 Å². The highest BCUT2D eigenvalue weighted by Gasteiger charge is 2.31. The first-order chi connectivity index (χ1) is 9.56. The molecule has 1 aliphatic heterocycles. The van der Waals surface area contributed by atoms with Crippen LogP contribution in [0.3, 0.4) is 0 Å². The number of amides is 1. The van der Waals surface area contributed by atoms with E-state index >= 15 is 0 Å². The van der Waals surface area contributed by atoms with E-state index in [1.54, 1.807) is 16.3 Å². The van der Waals surface area contributed by atoms with Crippen LogP contribution in [0.25, 0.3) is 0 Å². The monoisotopic (exact) mass is 293 g/mol. The van der Waals surface area contributed by atoms with Crippen molar-refractivity contribution in [3.8, 4) is 0 Å². The van der Waals surface area contributed by atoms with Gasteiger partial charge in [-0.25, -0.2) is 4.98 Å². The third kappa shape index (κ3) is 2.37. The average molecular weight is 293 g/mol. The number of hydrogen-bond acceptors (Lipinski definition) is 4. The fraction of sp³-hybridized carbons (Fsp3) is 0.643. The van der Waals surface area contributed by atoms with E-state index in [0.717, 1.165) is 41.4 Å². The molecule has 5 nitrogen and oxygen atoms in total. The van der Waals surface area contributed by atoms with Crippen LogP contribution >= 0.6 is 11.8 Å². The Balaban J connectivity index is 1.87. The molecule has 0 radical (unpaired) electrons. The van der Waals surface area contributed by atoms with Gasteiger partial charge in [-0.1, -0.05) is 11.8 Å². The van der Waals surface area contributed by atoms with Crippen LogP contribution in [0.1, 0.15) is 44.0 Å². The summed E-state index contributed by atoms with van der Waals surface area (Å²) in [4.78, 5) is 29.1. The smallest absolute Gasteiger partial charge is 0.257 e. The van der Waals surface area contributed by atoms with Crippen molar-refractivity contribution in [3.05, 3.63) is 21.6 Å². The Morgan fingerprint density at radius 2 is 2.30 bits per heavy atom. The number of nitrogens with one attached hydrogen (secondary N) is 1. The number of nitrogens with zero attached hydrogens (tertiary/aromatic N) is 2. The topological polar surface area (TPSA) is 64.0 Å². The summed E-state index contributed by atoms with van der Waals surface area (Å²) in [6, 6.07) is 0.0746. The summed E-state index contributed by atoms with van der Waals surface area (Å²) in [6.45, 7) is 3.88. The van der Waals surface area contributed by atoms with Crippen molar-refractivity contribution in [1.29, 1.82) is 0 Å². The summed E-state index contributed by atoms with van der Waals surface area (Å²) in [5.74, 6) is 0.766. The number of aryl methyl sites for hydroxylation is 1. The van der Waals surface area contributed by atoms with Gasteiger partial charge in [0.15, 0.2) is 5.16 Å². The number of thioether (sulfide) groups is 1. The zero-order chi connectivity index (χ0) is 14.3. The molecule has 108 valence electrons. The van der Waals surface area contributed by atoms with Gasteiger partial charge in [0, 0.05) is 23.8 Å². The summed E-state index contributed by atoms with van der Waals surface area (Å²) in [5.41, 5.74) is 1.92. The molecule has 1 amide bonds. The van der Waals surface area contributed by atoms with Gasteiger partial charge in [-0.15, -0.1) is 0 Å². The Labute approximate surface area is 122 Å². The van der Waals surface area contributed by atoms with Crippen LogP contribution in [0.2, 0.25) is 0 Å². The number of aromatic nitrogens is 2. The lowest BCUT2D eigenvalue weighted by atomic mass is 10.2. The first-order valence-corrected chi connectivity index (χ1v) is 8.11. The van der Waals surface area contributed by atoms with Gasteiger partial charge in [-0.3, -0.25) is 14.2 Å². The van der Waals surface area contributed by atoms with Crippen LogP contribution in [0, 0.1) is 0 Å². The first-order valence-electron chi connectivity index (χ1n) is 7.12. The van der Waals surface area contributed by atoms with E-state index < -0.39 is 0 Å². The molecule has 0 spiro atoms. The molecule has 6 heteroatoms. The van der Waals surface area contributed by atoms with Gasteiger partial charge in [0.1, 0.15) is 0 Å². The molecule has 0 fully saturated rings. The van der Waals surface area contributed by atoms with Gasteiger partial charge < -0.3 is 5.32 Å². The van der Waals surface area contributed by atoms with E-state index in [0.29, 0.717) is 6.42 Å². The summed E-state index contributed by atoms with van der Waals surface area (Å²) >= 11 is 1.59. The molecular weight excluding hydrogens is 274 g/mol. The molecule has 0 saturated heterocycles. The predicted octanol–water partition coefficient (Wildman–Crippen LogP) is 1.29. The van der Waals surface area contributed by atoms with Crippen LogP contribution in [0.15, 0.2) is 9.95 Å². The molecular formula is C14H19N3O2S. The first kappa shape index (κ1) is 13.7. The second kappa shape index (κ2) is 5.24. The predicted molar refractivity (Wildman–Crippen MR) is 78.2 cm³/mol. The van der Waals surface area contributed by atoms with Gasteiger partial charge in [-0.2, -0.15) is 0 Å². The van der Waals surface area contributed by atoms with E-state index in [1.165, 1.54) is 0 Å². The fourth-order valence-corrected chi connectivity index (χ4v) is 4.05. The second-order valence-electron chi connectivity index (χ2n) is 5.74. The standard InChI is InChI=1S/C14H19N3O2S/c1-8(2)15-12(18)6-9-7-20-14-16-11-5-3-4-10(11)13(19)17(9)14/h8-9H,3-7H2,1-2H3,(H,15,18). The Morgan fingerprint density at radius 1 is 1.50 bits per heavy atom. The Morgan fingerprint density at radius 3 is 3.05 bits per heavy atom. The maximum atomic E-state index is 12.5. The van der Waals surface area contributed by atoms with Crippen LogP contribution < -0.4 is 10.9 Å². The molecule has 2 aliphatic rings. The SMILES string of the molecule is CC(C)NC(=O)CC1CSc2nc3c(c(=O)n21)CCC3. The zero-order valence-corrected chi connectivity index (χ0v) is 12.6. The van der Waals surface area contributed by atoms with Crippen LogP contribution in [0.4, 0.5) is 0 Å². The van der Waals surface area contributed by atoms with E-state index in [-0.39, 0.29) is 23.6 Å². The lowest BCUT2D eigenvalue weighted by molar-refractivity contribution is -0.122. The van der Waals surface area contributed by atoms with E-state index in [9.17, 15) is 9.59 Å². The van der Waals surface area contributed by atoms with Gasteiger partial charge in [0.25, 0.3) is 5.56 Å². The number of rotatable bonds is 3. The second-order valence-corrected chi connectivity index (χ2v) is 6.73. The Bertz CT molecular complexity index is 609. The summed E-state index contributed by atoms with van der Waals surface area (Å²) in [6.07, 6.45) is 3.12. The quantitative estimate of drug-likeness (QED) is 0.853. The van der Waals surface area contributed by atoms with Crippen molar-refractivity contribution in [2.45, 2.75) is 56.8 Å². The molecule has 1 aromatic rings. The lowest BCUT2D eigenvalue weighted by Crippen LogP contribution is -2.34. The van der Waals surface area contributed by atoms with Crippen molar-refractivity contribution in [1.82, 2.24) is 14.9 Å². The van der Waals surface area contributed by atoms with Gasteiger partial charge >= 0.3 is 0 Å². The average Bonchev–Trinajstić information content (AvgIpc) is 2.96. The van der Waals surface area contributed by atoms with Crippen molar-refractivity contribution >= 4 is 17.7 Å². The Kier molecular flexibility index (Phi) is 3.58. The lowest BCUT2D eigenvalue weighted by Gasteiger charge is -2.15. The highest BCUT2D eigenvalue weighted by molar-refractivity contribution is 7.99. The highest BCUT2D eigenvalue weighted by Crippen LogP contribution is 2.33. The molecule has 1 N–H and O–H groups in total. The maximum Gasteiger partial charge on any atom is 0.257 e. The number of hydrogen-bond donors (Lipinski definition) is 1. The molecule has 1 aromatic heterocycles. The van der Waals surface area contributed by atoms with Crippen molar-refractivity contribution in [2.75, 3.05) is 5.75 Å². The third-order valence-electron chi connectivity index (χ3n) is 3.74. The molecule has 1 aliphatic carbocycles. The molecule has 1 atom stereocenters. The van der Waals surface area contributed by atoms with Crippen LogP contribution in [-0.4, -0.2) is 27.3 Å². The summed E-state index contributed by atoms with van der Waals surface area (Å²) in [5, 5.41) is 3.68. The zero-order valence-electron chi connectivity index (χ0n) is 11.8. The van der Waals surface area contributed by atoms with E-state index in [1.807, 2.05) is 13.8 Å². The number of carbonyl (C=O) groups excluding carboxylic acids is 1.